The van der Waals surface area contributed by atoms with Crippen LogP contribution in [0, 0.1) is 16.7 Å². The molecule has 2 atom stereocenters. The zero-order valence-electron chi connectivity index (χ0n) is 16.9. The zero-order chi connectivity index (χ0) is 22.6. The van der Waals surface area contributed by atoms with Crippen LogP contribution in [-0.2, 0) is 6.54 Å². The molecule has 3 N–H and O–H groups in total. The Kier molecular flexibility index (Phi) is 6.45. The summed E-state index contributed by atoms with van der Waals surface area (Å²) in [5.41, 5.74) is 0.312. The van der Waals surface area contributed by atoms with E-state index < -0.39 is 25.3 Å². The van der Waals surface area contributed by atoms with Crippen LogP contribution in [0.25, 0.3) is 0 Å². The zero-order valence-corrected chi connectivity index (χ0v) is 16.9. The Labute approximate surface area is 176 Å². The lowest BCUT2D eigenvalue weighted by Gasteiger charge is -2.49. The number of halogens is 3. The van der Waals surface area contributed by atoms with Crippen molar-refractivity contribution >= 4 is 11.8 Å². The predicted molar refractivity (Wildman–Crippen MR) is 104 cm³/mol. The maximum Gasteiger partial charge on any atom is 0.392 e. The van der Waals surface area contributed by atoms with E-state index in [9.17, 15) is 23.5 Å². The summed E-state index contributed by atoms with van der Waals surface area (Å²) in [6, 6.07) is 1.96. The van der Waals surface area contributed by atoms with E-state index in [-0.39, 0.29) is 35.4 Å². The third kappa shape index (κ3) is 5.49. The monoisotopic (exact) mass is 437 g/mol. The topological polar surface area (TPSA) is 129 Å². The van der Waals surface area contributed by atoms with Crippen molar-refractivity contribution in [2.75, 3.05) is 17.2 Å². The van der Waals surface area contributed by atoms with Crippen molar-refractivity contribution in [1.29, 1.82) is 5.26 Å². The summed E-state index contributed by atoms with van der Waals surface area (Å²) in [4.78, 5) is 16.2. The van der Waals surface area contributed by atoms with E-state index in [1.54, 1.807) is 0 Å². The van der Waals surface area contributed by atoms with Gasteiger partial charge in [-0.15, -0.1) is 0 Å². The van der Waals surface area contributed by atoms with Crippen molar-refractivity contribution < 1.29 is 23.0 Å². The van der Waals surface area contributed by atoms with E-state index in [2.05, 4.69) is 30.6 Å². The first-order valence-corrected chi connectivity index (χ1v) is 9.54. The highest BCUT2D eigenvalue weighted by Gasteiger charge is 2.47. The van der Waals surface area contributed by atoms with E-state index in [4.69, 9.17) is 4.74 Å². The molecular formula is C19H22F3N7O2. The average molecular weight is 437 g/mol. The summed E-state index contributed by atoms with van der Waals surface area (Å²) in [6.07, 6.45) is -1.36. The fourth-order valence-electron chi connectivity index (χ4n) is 3.01. The first-order valence-electron chi connectivity index (χ1n) is 9.54. The molecule has 2 aromatic heterocycles. The summed E-state index contributed by atoms with van der Waals surface area (Å²) in [5, 5.41) is 25.4. The van der Waals surface area contributed by atoms with Crippen molar-refractivity contribution in [3.63, 3.8) is 0 Å². The second-order valence-corrected chi connectivity index (χ2v) is 7.76. The van der Waals surface area contributed by atoms with Crippen molar-refractivity contribution in [1.82, 2.24) is 19.9 Å². The van der Waals surface area contributed by atoms with Crippen LogP contribution < -0.4 is 15.4 Å². The third-order valence-corrected chi connectivity index (χ3v) is 5.24. The van der Waals surface area contributed by atoms with Crippen molar-refractivity contribution in [3.8, 4) is 11.9 Å². The Hall–Kier alpha value is -3.20. The van der Waals surface area contributed by atoms with Crippen molar-refractivity contribution in [2.45, 2.75) is 51.6 Å². The fraction of sp³-hybridized carbons (Fsp3) is 0.526. The lowest BCUT2D eigenvalue weighted by Crippen LogP contribution is -2.57. The third-order valence-electron chi connectivity index (χ3n) is 5.24. The summed E-state index contributed by atoms with van der Waals surface area (Å²) < 4.78 is 42.1. The number of nitrogens with zero attached hydrogens (tertiary/aromatic N) is 5. The molecule has 1 aliphatic carbocycles. The number of ether oxygens (including phenoxy) is 1. The molecule has 2 heterocycles. The lowest BCUT2D eigenvalue weighted by molar-refractivity contribution is -0.139. The predicted octanol–water partition coefficient (Wildman–Crippen LogP) is 2.65. The SMILES string of the molecule is CC1(C)C(Nc2nc(NCc3cncnc3OCCC(F)(F)F)ncc2C#N)C[C@H]1O. The van der Waals surface area contributed by atoms with Crippen LogP contribution in [0.2, 0.25) is 0 Å². The van der Waals surface area contributed by atoms with E-state index in [1.807, 2.05) is 19.9 Å². The molecule has 2 aromatic rings. The van der Waals surface area contributed by atoms with Gasteiger partial charge in [-0.3, -0.25) is 0 Å². The highest BCUT2D eigenvalue weighted by molar-refractivity contribution is 5.54. The van der Waals surface area contributed by atoms with E-state index >= 15 is 0 Å². The Balaban J connectivity index is 1.67. The molecule has 0 saturated heterocycles. The minimum absolute atomic E-state index is 0.0314. The van der Waals surface area contributed by atoms with Crippen LogP contribution in [0.5, 0.6) is 5.88 Å². The maximum absolute atomic E-state index is 12.3. The van der Waals surface area contributed by atoms with Gasteiger partial charge in [0, 0.05) is 24.2 Å². The lowest BCUT2D eigenvalue weighted by atomic mass is 9.64. The molecule has 1 aliphatic rings. The van der Waals surface area contributed by atoms with Crippen LogP contribution in [0.4, 0.5) is 24.9 Å². The van der Waals surface area contributed by atoms with Gasteiger partial charge < -0.3 is 20.5 Å². The first kappa shape index (κ1) is 22.5. The van der Waals surface area contributed by atoms with Crippen molar-refractivity contribution in [2.24, 2.45) is 5.41 Å². The number of nitriles is 1. The number of anilines is 2. The van der Waals surface area contributed by atoms with E-state index in [0.29, 0.717) is 17.8 Å². The molecule has 9 nitrogen and oxygen atoms in total. The Morgan fingerprint density at radius 1 is 1.32 bits per heavy atom. The largest absolute Gasteiger partial charge is 0.477 e. The molecule has 12 heteroatoms. The Morgan fingerprint density at radius 2 is 2.10 bits per heavy atom. The summed E-state index contributed by atoms with van der Waals surface area (Å²) in [6.45, 7) is 3.38. The summed E-state index contributed by atoms with van der Waals surface area (Å²) in [7, 11) is 0. The molecule has 31 heavy (non-hydrogen) atoms. The molecular weight excluding hydrogens is 415 g/mol. The van der Waals surface area contributed by atoms with Gasteiger partial charge in [-0.1, -0.05) is 13.8 Å². The van der Waals surface area contributed by atoms with E-state index in [0.717, 1.165) is 0 Å². The van der Waals surface area contributed by atoms with Gasteiger partial charge in [-0.25, -0.2) is 15.0 Å². The van der Waals surface area contributed by atoms with Gasteiger partial charge in [0.25, 0.3) is 0 Å². The smallest absolute Gasteiger partial charge is 0.392 e. The molecule has 0 aromatic carbocycles. The standard InChI is InChI=1S/C19H22F3N7O2/c1-18(2)13(5-14(18)30)28-15-11(6-23)8-25-17(29-15)26-9-12-7-24-10-27-16(12)31-4-3-19(20,21)22/h7-8,10,13-14,30H,3-5,9H2,1-2H3,(H2,25,26,28,29)/t13?,14-/m1/s1. The number of aromatic nitrogens is 4. The number of nitrogens with one attached hydrogen (secondary N) is 2. The number of alkyl halides is 3. The molecule has 3 rings (SSSR count). The molecule has 0 spiro atoms. The number of aliphatic hydroxyl groups excluding tert-OH is 1. The van der Waals surface area contributed by atoms with Crippen LogP contribution in [0.15, 0.2) is 18.7 Å². The molecule has 166 valence electrons. The van der Waals surface area contributed by atoms with Gasteiger partial charge in [-0.05, 0) is 6.42 Å². The van der Waals surface area contributed by atoms with Gasteiger partial charge in [0.05, 0.1) is 30.9 Å². The highest BCUT2D eigenvalue weighted by atomic mass is 19.4. The summed E-state index contributed by atoms with van der Waals surface area (Å²) >= 11 is 0. The van der Waals surface area contributed by atoms with Gasteiger partial charge in [0.15, 0.2) is 0 Å². The molecule has 1 fully saturated rings. The number of aliphatic hydroxyl groups is 1. The van der Waals surface area contributed by atoms with Gasteiger partial charge in [0.2, 0.25) is 11.8 Å². The quantitative estimate of drug-likeness (QED) is 0.571. The molecule has 1 unspecified atom stereocenters. The maximum atomic E-state index is 12.3. The number of rotatable bonds is 8. The number of hydrogen-bond acceptors (Lipinski definition) is 9. The number of hydrogen-bond donors (Lipinski definition) is 3. The van der Waals surface area contributed by atoms with Crippen LogP contribution in [0.3, 0.4) is 0 Å². The second-order valence-electron chi connectivity index (χ2n) is 7.76. The fourth-order valence-corrected chi connectivity index (χ4v) is 3.01. The van der Waals surface area contributed by atoms with Crippen LogP contribution in [0.1, 0.15) is 37.8 Å². The van der Waals surface area contributed by atoms with Gasteiger partial charge in [-0.2, -0.15) is 23.4 Å². The molecule has 0 amide bonds. The minimum atomic E-state index is -4.32. The second kappa shape index (κ2) is 8.89. The van der Waals surface area contributed by atoms with Crippen LogP contribution >= 0.6 is 0 Å². The Morgan fingerprint density at radius 3 is 2.74 bits per heavy atom. The molecule has 0 bridgehead atoms. The van der Waals surface area contributed by atoms with Gasteiger partial charge >= 0.3 is 6.18 Å². The van der Waals surface area contributed by atoms with E-state index in [1.165, 1.54) is 18.7 Å². The average Bonchev–Trinajstić information content (AvgIpc) is 2.72. The van der Waals surface area contributed by atoms with Crippen molar-refractivity contribution in [3.05, 3.63) is 29.8 Å². The highest BCUT2D eigenvalue weighted by Crippen LogP contribution is 2.42. The first-order chi connectivity index (χ1) is 14.6. The normalized spacial score (nSPS) is 19.8. The van der Waals surface area contributed by atoms with Gasteiger partial charge in [0.1, 0.15) is 23.8 Å². The molecule has 1 saturated carbocycles. The Bertz CT molecular complexity index is 962. The van der Waals surface area contributed by atoms with Crippen LogP contribution in [-0.4, -0.2) is 50.0 Å². The summed E-state index contributed by atoms with van der Waals surface area (Å²) in [5.74, 6) is 0.559. The molecule has 0 radical (unpaired) electrons. The minimum Gasteiger partial charge on any atom is -0.477 e. The molecule has 0 aliphatic heterocycles.